The van der Waals surface area contributed by atoms with Gasteiger partial charge in [0.25, 0.3) is 0 Å². The maximum absolute atomic E-state index is 12.8. The Morgan fingerprint density at radius 1 is 1.18 bits per heavy atom. The predicted octanol–water partition coefficient (Wildman–Crippen LogP) is 3.40. The van der Waals surface area contributed by atoms with Gasteiger partial charge in [-0.15, -0.1) is 10.2 Å². The van der Waals surface area contributed by atoms with Crippen LogP contribution in [0, 0.1) is 0 Å². The molecule has 1 aliphatic rings. The molecule has 2 aromatic rings. The van der Waals surface area contributed by atoms with Gasteiger partial charge in [0.15, 0.2) is 5.16 Å². The minimum Gasteiger partial charge on any atom is -0.383 e. The quantitative estimate of drug-likeness (QED) is 0.634. The van der Waals surface area contributed by atoms with E-state index in [4.69, 9.17) is 4.74 Å². The van der Waals surface area contributed by atoms with Crippen LogP contribution >= 0.6 is 11.8 Å². The van der Waals surface area contributed by atoms with Gasteiger partial charge in [0.1, 0.15) is 5.82 Å². The van der Waals surface area contributed by atoms with Gasteiger partial charge in [-0.25, -0.2) is 0 Å². The first-order chi connectivity index (χ1) is 13.6. The fourth-order valence-corrected chi connectivity index (χ4v) is 4.71. The van der Waals surface area contributed by atoms with Gasteiger partial charge in [0.2, 0.25) is 5.91 Å². The average molecular weight is 403 g/mol. The summed E-state index contributed by atoms with van der Waals surface area (Å²) >= 11 is 1.48. The van der Waals surface area contributed by atoms with Gasteiger partial charge in [-0.2, -0.15) is 0 Å². The van der Waals surface area contributed by atoms with Crippen LogP contribution in [-0.2, 0) is 22.5 Å². The van der Waals surface area contributed by atoms with Crippen LogP contribution in [0.15, 0.2) is 35.5 Å². The third-order valence-corrected chi connectivity index (χ3v) is 6.28. The largest absolute Gasteiger partial charge is 0.383 e. The van der Waals surface area contributed by atoms with E-state index in [9.17, 15) is 4.79 Å². The number of piperidine rings is 1. The monoisotopic (exact) mass is 402 g/mol. The van der Waals surface area contributed by atoms with Crippen molar-refractivity contribution >= 4 is 17.7 Å². The second-order valence-electron chi connectivity index (χ2n) is 7.42. The molecule has 152 valence electrons. The van der Waals surface area contributed by atoms with Crippen molar-refractivity contribution in [3.63, 3.8) is 0 Å². The van der Waals surface area contributed by atoms with E-state index in [2.05, 4.69) is 45.6 Å². The van der Waals surface area contributed by atoms with Crippen LogP contribution in [0.25, 0.3) is 0 Å². The molecular weight excluding hydrogens is 372 g/mol. The average Bonchev–Trinajstić information content (AvgIpc) is 3.06. The lowest BCUT2D eigenvalue weighted by Crippen LogP contribution is -2.48. The van der Waals surface area contributed by atoms with E-state index in [0.29, 0.717) is 37.4 Å². The number of methoxy groups -OCH3 is 1. The molecule has 1 aliphatic heterocycles. The summed E-state index contributed by atoms with van der Waals surface area (Å²) < 4.78 is 7.34. The summed E-state index contributed by atoms with van der Waals surface area (Å²) in [7, 11) is 1.69. The maximum Gasteiger partial charge on any atom is 0.233 e. The Labute approximate surface area is 171 Å². The molecule has 7 heteroatoms. The number of carbonyl (C=O) groups is 1. The second kappa shape index (κ2) is 10.1. The number of thioether (sulfide) groups is 1. The molecule has 2 atom stereocenters. The molecule has 2 heterocycles. The molecule has 0 bridgehead atoms. The molecule has 0 radical (unpaired) electrons. The number of hydrogen-bond donors (Lipinski definition) is 0. The summed E-state index contributed by atoms with van der Waals surface area (Å²) in [5.41, 5.74) is 1.19. The van der Waals surface area contributed by atoms with Crippen LogP contribution in [0.1, 0.15) is 44.5 Å². The van der Waals surface area contributed by atoms with E-state index in [1.807, 2.05) is 18.2 Å². The standard InChI is InChI=1S/C21H30N4O2S/c1-16-8-7-9-17(2)25(16)20(26)15-28-21-23-22-19(24(21)12-13-27-3)14-18-10-5-4-6-11-18/h4-6,10-11,16-17H,7-9,12-15H2,1-3H3/t16-,17-/m0/s1. The summed E-state index contributed by atoms with van der Waals surface area (Å²) in [5.74, 6) is 1.49. The zero-order valence-corrected chi connectivity index (χ0v) is 17.8. The minimum atomic E-state index is 0.190. The zero-order chi connectivity index (χ0) is 19.9. The van der Waals surface area contributed by atoms with E-state index in [-0.39, 0.29) is 5.91 Å². The summed E-state index contributed by atoms with van der Waals surface area (Å²) in [5, 5.41) is 9.55. The van der Waals surface area contributed by atoms with Crippen molar-refractivity contribution in [2.45, 2.75) is 63.3 Å². The summed E-state index contributed by atoms with van der Waals surface area (Å²) in [4.78, 5) is 14.9. The van der Waals surface area contributed by atoms with Crippen molar-refractivity contribution < 1.29 is 9.53 Å². The maximum atomic E-state index is 12.8. The summed E-state index contributed by atoms with van der Waals surface area (Å²) in [6.45, 7) is 5.56. The van der Waals surface area contributed by atoms with Crippen LogP contribution in [0.3, 0.4) is 0 Å². The van der Waals surface area contributed by atoms with Crippen molar-refractivity contribution in [2.24, 2.45) is 0 Å². The molecule has 0 unspecified atom stereocenters. The fraction of sp³-hybridized carbons (Fsp3) is 0.571. The number of nitrogens with zero attached hydrogens (tertiary/aromatic N) is 4. The van der Waals surface area contributed by atoms with Crippen LogP contribution in [0.4, 0.5) is 0 Å². The molecule has 1 aromatic carbocycles. The van der Waals surface area contributed by atoms with Crippen LogP contribution in [0.5, 0.6) is 0 Å². The van der Waals surface area contributed by atoms with Crippen molar-refractivity contribution in [3.8, 4) is 0 Å². The molecule has 0 spiro atoms. The van der Waals surface area contributed by atoms with Crippen LogP contribution in [0.2, 0.25) is 0 Å². The lowest BCUT2D eigenvalue weighted by Gasteiger charge is -2.39. The van der Waals surface area contributed by atoms with E-state index in [0.717, 1.165) is 23.8 Å². The van der Waals surface area contributed by atoms with Crippen LogP contribution < -0.4 is 0 Å². The number of rotatable bonds is 8. The predicted molar refractivity (Wildman–Crippen MR) is 111 cm³/mol. The summed E-state index contributed by atoms with van der Waals surface area (Å²) in [6, 6.07) is 10.9. The number of carbonyl (C=O) groups excluding carboxylic acids is 1. The zero-order valence-electron chi connectivity index (χ0n) is 17.0. The topological polar surface area (TPSA) is 60.2 Å². The first-order valence-electron chi connectivity index (χ1n) is 9.99. The number of amides is 1. The van der Waals surface area contributed by atoms with Gasteiger partial charge >= 0.3 is 0 Å². The van der Waals surface area contributed by atoms with Crippen molar-refractivity contribution in [2.75, 3.05) is 19.5 Å². The van der Waals surface area contributed by atoms with Crippen molar-refractivity contribution in [3.05, 3.63) is 41.7 Å². The number of benzene rings is 1. The van der Waals surface area contributed by atoms with Crippen molar-refractivity contribution in [1.82, 2.24) is 19.7 Å². The van der Waals surface area contributed by atoms with E-state index in [1.54, 1.807) is 7.11 Å². The molecule has 6 nitrogen and oxygen atoms in total. The van der Waals surface area contributed by atoms with E-state index < -0.39 is 0 Å². The molecule has 0 saturated carbocycles. The molecule has 3 rings (SSSR count). The Morgan fingerprint density at radius 3 is 2.57 bits per heavy atom. The van der Waals surface area contributed by atoms with Crippen molar-refractivity contribution in [1.29, 1.82) is 0 Å². The van der Waals surface area contributed by atoms with Gasteiger partial charge in [-0.1, -0.05) is 42.1 Å². The molecule has 0 N–H and O–H groups in total. The Morgan fingerprint density at radius 2 is 1.89 bits per heavy atom. The first kappa shape index (κ1) is 20.9. The second-order valence-corrected chi connectivity index (χ2v) is 8.37. The Bertz CT molecular complexity index is 755. The van der Waals surface area contributed by atoms with E-state index >= 15 is 0 Å². The highest BCUT2D eigenvalue weighted by Crippen LogP contribution is 2.25. The normalized spacial score (nSPS) is 19.8. The highest BCUT2D eigenvalue weighted by Gasteiger charge is 2.29. The fourth-order valence-electron chi connectivity index (χ4n) is 3.86. The number of aromatic nitrogens is 3. The molecular formula is C21H30N4O2S. The lowest BCUT2D eigenvalue weighted by atomic mass is 9.98. The lowest BCUT2D eigenvalue weighted by molar-refractivity contribution is -0.134. The third-order valence-electron chi connectivity index (χ3n) is 5.32. The smallest absolute Gasteiger partial charge is 0.233 e. The highest BCUT2D eigenvalue weighted by atomic mass is 32.2. The van der Waals surface area contributed by atoms with Gasteiger partial charge in [0, 0.05) is 32.2 Å². The Kier molecular flexibility index (Phi) is 7.50. The van der Waals surface area contributed by atoms with Crippen LogP contribution in [-0.4, -0.2) is 57.1 Å². The first-order valence-corrected chi connectivity index (χ1v) is 11.0. The van der Waals surface area contributed by atoms with Gasteiger partial charge < -0.3 is 14.2 Å². The third kappa shape index (κ3) is 5.14. The molecule has 1 saturated heterocycles. The SMILES string of the molecule is COCCn1c(Cc2ccccc2)nnc1SCC(=O)N1[C@@H](C)CCC[C@@H]1C. The van der Waals surface area contributed by atoms with E-state index in [1.165, 1.54) is 23.7 Å². The minimum absolute atomic E-state index is 0.190. The molecule has 1 fully saturated rings. The molecule has 1 amide bonds. The highest BCUT2D eigenvalue weighted by molar-refractivity contribution is 7.99. The number of ether oxygens (including phenoxy) is 1. The van der Waals surface area contributed by atoms with Gasteiger partial charge in [0.05, 0.1) is 12.4 Å². The molecule has 1 aromatic heterocycles. The molecule has 0 aliphatic carbocycles. The number of hydrogen-bond acceptors (Lipinski definition) is 5. The number of likely N-dealkylation sites (tertiary alicyclic amines) is 1. The Balaban J connectivity index is 1.69. The van der Waals surface area contributed by atoms with Gasteiger partial charge in [-0.3, -0.25) is 4.79 Å². The summed E-state index contributed by atoms with van der Waals surface area (Å²) in [6.07, 6.45) is 4.09. The Hall–Kier alpha value is -1.86. The van der Waals surface area contributed by atoms with Gasteiger partial charge in [-0.05, 0) is 38.7 Å². The molecule has 28 heavy (non-hydrogen) atoms.